The fourth-order valence-corrected chi connectivity index (χ4v) is 5.10. The summed E-state index contributed by atoms with van der Waals surface area (Å²) in [4.78, 5) is 63.8. The van der Waals surface area contributed by atoms with Crippen LogP contribution < -0.4 is 21.3 Å². The molecule has 2 heterocycles. The highest BCUT2D eigenvalue weighted by Gasteiger charge is 2.39. The second-order valence-electron chi connectivity index (χ2n) is 8.66. The summed E-state index contributed by atoms with van der Waals surface area (Å²) >= 11 is 3.20. The van der Waals surface area contributed by atoms with Gasteiger partial charge in [0.05, 0.1) is 6.42 Å². The van der Waals surface area contributed by atoms with Crippen molar-refractivity contribution in [2.75, 3.05) is 5.75 Å². The minimum absolute atomic E-state index is 0.152. The first-order chi connectivity index (χ1) is 14.9. The third-order valence-electron chi connectivity index (χ3n) is 5.28. The Labute approximate surface area is 205 Å². The minimum Gasteiger partial charge on any atom is -0.450 e. The van der Waals surface area contributed by atoms with E-state index >= 15 is 0 Å². The predicted octanol–water partition coefficient (Wildman–Crippen LogP) is 0.0809. The zero-order valence-electron chi connectivity index (χ0n) is 18.8. The number of carbonyl (C=O) groups is 5. The number of ether oxygens (including phenoxy) is 1. The third kappa shape index (κ3) is 6.96. The SMILES string of the molecule is CC1SC[C@H]2NC(=O)[C@@H](C(C)C)NC(=O)C[C@H](I)OC(=O)[C@H](C(C)C)NC(=O)C1NC2=O. The molecule has 2 fully saturated rings. The van der Waals surface area contributed by atoms with Crippen molar-refractivity contribution in [2.45, 2.75) is 74.6 Å². The molecule has 32 heavy (non-hydrogen) atoms. The molecule has 2 aliphatic heterocycles. The second kappa shape index (κ2) is 11.5. The van der Waals surface area contributed by atoms with E-state index in [0.29, 0.717) is 0 Å². The van der Waals surface area contributed by atoms with Gasteiger partial charge in [0, 0.05) is 11.0 Å². The number of cyclic esters (lactones) is 1. The maximum atomic E-state index is 13.0. The number of carbonyl (C=O) groups excluding carboxylic acids is 5. The number of fused-ring (bicyclic) bond motifs is 3. The third-order valence-corrected chi connectivity index (χ3v) is 7.30. The molecule has 2 unspecified atom stereocenters. The lowest BCUT2D eigenvalue weighted by Gasteiger charge is -2.28. The van der Waals surface area contributed by atoms with E-state index in [1.807, 2.05) is 22.6 Å². The van der Waals surface area contributed by atoms with Crippen molar-refractivity contribution in [1.29, 1.82) is 0 Å². The maximum absolute atomic E-state index is 13.0. The Morgan fingerprint density at radius 2 is 1.50 bits per heavy atom. The molecule has 0 aliphatic carbocycles. The first kappa shape index (κ1) is 26.7. The van der Waals surface area contributed by atoms with Crippen LogP contribution >= 0.6 is 34.4 Å². The van der Waals surface area contributed by atoms with Crippen molar-refractivity contribution in [3.63, 3.8) is 0 Å². The number of esters is 1. The van der Waals surface area contributed by atoms with Crippen molar-refractivity contribution in [1.82, 2.24) is 21.3 Å². The first-order valence-electron chi connectivity index (χ1n) is 10.6. The van der Waals surface area contributed by atoms with Crippen molar-refractivity contribution in [3.05, 3.63) is 0 Å². The van der Waals surface area contributed by atoms with E-state index < -0.39 is 57.9 Å². The Morgan fingerprint density at radius 1 is 0.875 bits per heavy atom. The Hall–Kier alpha value is -1.57. The van der Waals surface area contributed by atoms with Crippen LogP contribution in [0, 0.1) is 11.8 Å². The molecule has 12 heteroatoms. The molecular formula is C20H31IN4O6S. The van der Waals surface area contributed by atoms with Gasteiger partial charge in [-0.2, -0.15) is 11.8 Å². The van der Waals surface area contributed by atoms with Gasteiger partial charge in [-0.25, -0.2) is 4.79 Å². The Morgan fingerprint density at radius 3 is 2.09 bits per heavy atom. The highest BCUT2D eigenvalue weighted by molar-refractivity contribution is 14.1. The molecule has 4 amide bonds. The van der Waals surface area contributed by atoms with Crippen LogP contribution in [0.1, 0.15) is 41.0 Å². The largest absolute Gasteiger partial charge is 0.450 e. The molecule has 0 aromatic carbocycles. The van der Waals surface area contributed by atoms with Crippen LogP contribution in [0.15, 0.2) is 0 Å². The van der Waals surface area contributed by atoms with E-state index in [1.54, 1.807) is 34.6 Å². The number of amides is 4. The van der Waals surface area contributed by atoms with E-state index in [2.05, 4.69) is 21.3 Å². The van der Waals surface area contributed by atoms with E-state index in [-0.39, 0.29) is 29.3 Å². The maximum Gasteiger partial charge on any atom is 0.329 e. The quantitative estimate of drug-likeness (QED) is 0.205. The number of nitrogens with one attached hydrogen (secondary N) is 4. The van der Waals surface area contributed by atoms with Gasteiger partial charge in [-0.15, -0.1) is 0 Å². The monoisotopic (exact) mass is 582 g/mol. The van der Waals surface area contributed by atoms with Crippen molar-refractivity contribution in [3.8, 4) is 0 Å². The molecule has 6 atom stereocenters. The molecule has 0 aromatic heterocycles. The zero-order valence-corrected chi connectivity index (χ0v) is 21.7. The number of thioether (sulfide) groups is 1. The Balaban J connectivity index is 2.38. The van der Waals surface area contributed by atoms with Gasteiger partial charge in [0.1, 0.15) is 24.2 Å². The number of alkyl halides is 1. The highest BCUT2D eigenvalue weighted by Crippen LogP contribution is 2.21. The van der Waals surface area contributed by atoms with Gasteiger partial charge in [-0.05, 0) is 34.4 Å². The van der Waals surface area contributed by atoms with Gasteiger partial charge in [0.25, 0.3) is 0 Å². The molecular weight excluding hydrogens is 551 g/mol. The minimum atomic E-state index is -0.938. The summed E-state index contributed by atoms with van der Waals surface area (Å²) < 4.78 is 4.61. The molecule has 10 nitrogen and oxygen atoms in total. The molecule has 2 aliphatic rings. The molecule has 180 valence electrons. The van der Waals surface area contributed by atoms with Crippen LogP contribution in [0.3, 0.4) is 0 Å². The van der Waals surface area contributed by atoms with Gasteiger partial charge >= 0.3 is 5.97 Å². The van der Waals surface area contributed by atoms with Crippen LogP contribution in [0.4, 0.5) is 0 Å². The van der Waals surface area contributed by atoms with Crippen LogP contribution in [0.5, 0.6) is 0 Å². The lowest BCUT2D eigenvalue weighted by Crippen LogP contribution is -2.59. The Kier molecular flexibility index (Phi) is 9.61. The van der Waals surface area contributed by atoms with Crippen LogP contribution in [0.25, 0.3) is 0 Å². The zero-order chi connectivity index (χ0) is 24.2. The van der Waals surface area contributed by atoms with Gasteiger partial charge in [0.15, 0.2) is 4.11 Å². The van der Waals surface area contributed by atoms with Gasteiger partial charge in [-0.3, -0.25) is 19.2 Å². The number of halogens is 1. The van der Waals surface area contributed by atoms with E-state index in [0.717, 1.165) is 0 Å². The van der Waals surface area contributed by atoms with Crippen LogP contribution in [-0.4, -0.2) is 68.9 Å². The second-order valence-corrected chi connectivity index (χ2v) is 11.5. The lowest BCUT2D eigenvalue weighted by atomic mass is 10.0. The molecule has 2 saturated heterocycles. The fourth-order valence-electron chi connectivity index (χ4n) is 3.33. The van der Waals surface area contributed by atoms with E-state index in [9.17, 15) is 24.0 Å². The smallest absolute Gasteiger partial charge is 0.329 e. The average Bonchev–Trinajstić information content (AvgIpc) is 2.81. The molecule has 2 rings (SSSR count). The summed E-state index contributed by atoms with van der Waals surface area (Å²) in [7, 11) is 0. The molecule has 0 aromatic rings. The lowest BCUT2D eigenvalue weighted by molar-refractivity contribution is -0.151. The van der Waals surface area contributed by atoms with Gasteiger partial charge in [-0.1, -0.05) is 34.6 Å². The molecule has 4 N–H and O–H groups in total. The fraction of sp³-hybridized carbons (Fsp3) is 0.750. The summed E-state index contributed by atoms with van der Waals surface area (Å²) in [5.41, 5.74) is 0. The predicted molar refractivity (Wildman–Crippen MR) is 128 cm³/mol. The normalized spacial score (nSPS) is 33.2. The van der Waals surface area contributed by atoms with E-state index in [4.69, 9.17) is 4.74 Å². The molecule has 0 spiro atoms. The summed E-state index contributed by atoms with van der Waals surface area (Å²) in [5.74, 6) is -2.85. The first-order valence-corrected chi connectivity index (χ1v) is 12.9. The topological polar surface area (TPSA) is 143 Å². The van der Waals surface area contributed by atoms with Crippen LogP contribution in [-0.2, 0) is 28.7 Å². The van der Waals surface area contributed by atoms with Crippen molar-refractivity contribution in [2.24, 2.45) is 11.8 Å². The highest BCUT2D eigenvalue weighted by atomic mass is 127. The van der Waals surface area contributed by atoms with Crippen molar-refractivity contribution < 1.29 is 28.7 Å². The summed E-state index contributed by atoms with van der Waals surface area (Å²) in [5, 5.41) is 10.5. The number of rotatable bonds is 2. The van der Waals surface area contributed by atoms with Gasteiger partial charge in [0.2, 0.25) is 23.6 Å². The summed E-state index contributed by atoms with van der Waals surface area (Å²) in [6, 6.07) is -3.54. The Bertz CT molecular complexity index is 764. The van der Waals surface area contributed by atoms with Gasteiger partial charge < -0.3 is 26.0 Å². The van der Waals surface area contributed by atoms with Crippen molar-refractivity contribution >= 4 is 64.0 Å². The molecule has 2 bridgehead atoms. The summed E-state index contributed by atoms with van der Waals surface area (Å²) in [6.45, 7) is 8.89. The molecule has 0 saturated carbocycles. The van der Waals surface area contributed by atoms with E-state index in [1.165, 1.54) is 11.8 Å². The summed E-state index contributed by atoms with van der Waals surface area (Å²) in [6.07, 6.45) is -0.152. The van der Waals surface area contributed by atoms with Crippen LogP contribution in [0.2, 0.25) is 0 Å². The average molecular weight is 582 g/mol. The molecule has 0 radical (unpaired) electrons. The standard InChI is InChI=1S/C20H31IN4O6S/c1-8(2)14-18(28)22-11-7-32-10(5)16(25-17(11)27)19(29)24-15(9(3)4)20(30)31-12(21)6-13(26)23-14/h8-12,14-16H,6-7H2,1-5H3,(H,22,28)(H,23,26)(H,24,29)(H,25,27)/t10?,11-,12-,14-,15+,16?/m1/s1. The number of hydrogen-bond donors (Lipinski definition) is 4. The number of hydrogen-bond acceptors (Lipinski definition) is 7.